The van der Waals surface area contributed by atoms with Crippen molar-refractivity contribution in [1.82, 2.24) is 15.7 Å². The molecule has 0 aliphatic carbocycles. The van der Waals surface area contributed by atoms with Crippen LogP contribution in [0.5, 0.6) is 0 Å². The van der Waals surface area contributed by atoms with Crippen molar-refractivity contribution in [3.8, 4) is 0 Å². The van der Waals surface area contributed by atoms with E-state index in [4.69, 9.17) is 17.0 Å². The van der Waals surface area contributed by atoms with Crippen molar-refractivity contribution in [1.29, 1.82) is 0 Å². The molecule has 0 spiro atoms. The first-order valence-corrected chi connectivity index (χ1v) is 7.13. The summed E-state index contributed by atoms with van der Waals surface area (Å²) in [4.78, 5) is 4.26. The fourth-order valence-corrected chi connectivity index (χ4v) is 2.35. The maximum absolute atomic E-state index is 5.48. The van der Waals surface area contributed by atoms with E-state index in [9.17, 15) is 0 Å². The molecule has 2 N–H and O–H groups in total. The predicted molar refractivity (Wildman–Crippen MR) is 77.2 cm³/mol. The molecular weight excluding hydrogens is 268 g/mol. The van der Waals surface area contributed by atoms with E-state index in [0.717, 1.165) is 36.7 Å². The molecule has 1 aromatic rings. The van der Waals surface area contributed by atoms with E-state index in [1.165, 1.54) is 0 Å². The van der Waals surface area contributed by atoms with E-state index in [-0.39, 0.29) is 6.10 Å². The maximum Gasteiger partial charge on any atom is 0.187 e. The van der Waals surface area contributed by atoms with Gasteiger partial charge in [-0.15, -0.1) is 11.3 Å². The van der Waals surface area contributed by atoms with Crippen molar-refractivity contribution in [2.24, 2.45) is 5.10 Å². The highest BCUT2D eigenvalue weighted by Gasteiger charge is 2.14. The van der Waals surface area contributed by atoms with Gasteiger partial charge >= 0.3 is 0 Å². The molecular formula is C11H16N4OS2. The molecule has 1 atom stereocenters. The lowest BCUT2D eigenvalue weighted by Crippen LogP contribution is -2.37. The average molecular weight is 284 g/mol. The summed E-state index contributed by atoms with van der Waals surface area (Å²) in [7, 11) is 0. The Balaban J connectivity index is 1.66. The number of thiocarbonyl (C=S) groups is 1. The van der Waals surface area contributed by atoms with Crippen molar-refractivity contribution in [3.63, 3.8) is 0 Å². The highest BCUT2D eigenvalue weighted by Crippen LogP contribution is 2.10. The second-order valence-electron chi connectivity index (χ2n) is 4.01. The second kappa shape index (κ2) is 6.77. The van der Waals surface area contributed by atoms with Crippen LogP contribution >= 0.6 is 23.6 Å². The topological polar surface area (TPSA) is 58.5 Å². The number of thiazole rings is 1. The monoisotopic (exact) mass is 284 g/mol. The molecule has 0 amide bonds. The highest BCUT2D eigenvalue weighted by atomic mass is 32.1. The number of hydrogen-bond acceptors (Lipinski definition) is 5. The Labute approximate surface area is 116 Å². The lowest BCUT2D eigenvalue weighted by Gasteiger charge is -2.11. The van der Waals surface area contributed by atoms with Crippen LogP contribution in [0.25, 0.3) is 0 Å². The first-order chi connectivity index (χ1) is 8.74. The number of hydrazone groups is 1. The molecule has 0 saturated carbocycles. The minimum atomic E-state index is 0.273. The Hall–Kier alpha value is -1.05. The van der Waals surface area contributed by atoms with Crippen LogP contribution in [0.1, 0.15) is 23.5 Å². The first-order valence-electron chi connectivity index (χ1n) is 5.84. The van der Waals surface area contributed by atoms with Gasteiger partial charge in [0.25, 0.3) is 0 Å². The Morgan fingerprint density at radius 3 is 3.33 bits per heavy atom. The summed E-state index contributed by atoms with van der Waals surface area (Å²) in [6.45, 7) is 3.55. The second-order valence-corrected chi connectivity index (χ2v) is 5.48. The minimum absolute atomic E-state index is 0.273. The molecule has 2 heterocycles. The smallest absolute Gasteiger partial charge is 0.187 e. The third kappa shape index (κ3) is 4.32. The first kappa shape index (κ1) is 13.4. The van der Waals surface area contributed by atoms with Gasteiger partial charge in [-0.05, 0) is 32.0 Å². The molecule has 2 rings (SSSR count). The largest absolute Gasteiger partial charge is 0.376 e. The summed E-state index contributed by atoms with van der Waals surface area (Å²) < 4.78 is 5.48. The van der Waals surface area contributed by atoms with Crippen LogP contribution in [0.4, 0.5) is 0 Å². The summed E-state index contributed by atoms with van der Waals surface area (Å²) in [5.41, 5.74) is 3.60. The zero-order valence-corrected chi connectivity index (χ0v) is 11.8. The molecule has 0 radical (unpaired) electrons. The summed E-state index contributed by atoms with van der Waals surface area (Å²) in [6, 6.07) is 0. The summed E-state index contributed by atoms with van der Waals surface area (Å²) in [5.74, 6) is 0. The Kier molecular flexibility index (Phi) is 5.03. The molecule has 1 saturated heterocycles. The summed E-state index contributed by atoms with van der Waals surface area (Å²) >= 11 is 6.70. The van der Waals surface area contributed by atoms with E-state index in [2.05, 4.69) is 20.8 Å². The standard InChI is InChI=1S/C11H16N4OS2/c1-8-14-9(7-18-8)5-13-15-11(17)12-6-10-3-2-4-16-10/h5,7,10H,2-4,6H2,1H3,(H2,12,15,17)/b13-5-/t10-/m1/s1. The fraction of sp³-hybridized carbons (Fsp3) is 0.545. The van der Waals surface area contributed by atoms with Gasteiger partial charge < -0.3 is 10.1 Å². The van der Waals surface area contributed by atoms with Crippen LogP contribution in [0.2, 0.25) is 0 Å². The van der Waals surface area contributed by atoms with Gasteiger partial charge in [0.05, 0.1) is 23.0 Å². The zero-order chi connectivity index (χ0) is 12.8. The van der Waals surface area contributed by atoms with Gasteiger partial charge in [-0.3, -0.25) is 5.43 Å². The minimum Gasteiger partial charge on any atom is -0.376 e. The quantitative estimate of drug-likeness (QED) is 0.497. The molecule has 0 aromatic carbocycles. The van der Waals surface area contributed by atoms with Crippen molar-refractivity contribution in [2.75, 3.05) is 13.2 Å². The van der Waals surface area contributed by atoms with Crippen LogP contribution in [0.15, 0.2) is 10.5 Å². The van der Waals surface area contributed by atoms with Crippen molar-refractivity contribution < 1.29 is 4.74 Å². The number of hydrogen-bond donors (Lipinski definition) is 2. The van der Waals surface area contributed by atoms with E-state index < -0.39 is 0 Å². The molecule has 5 nitrogen and oxygen atoms in total. The molecule has 0 bridgehead atoms. The number of rotatable bonds is 4. The molecule has 1 aliphatic heterocycles. The molecule has 1 fully saturated rings. The summed E-state index contributed by atoms with van der Waals surface area (Å²) in [5, 5.41) is 10.6. The Morgan fingerprint density at radius 1 is 1.78 bits per heavy atom. The maximum atomic E-state index is 5.48. The van der Waals surface area contributed by atoms with Gasteiger partial charge in [-0.2, -0.15) is 5.10 Å². The lowest BCUT2D eigenvalue weighted by molar-refractivity contribution is 0.114. The van der Waals surface area contributed by atoms with Crippen LogP contribution in [-0.4, -0.2) is 35.6 Å². The van der Waals surface area contributed by atoms with E-state index >= 15 is 0 Å². The zero-order valence-electron chi connectivity index (χ0n) is 10.2. The van der Waals surface area contributed by atoms with Crippen molar-refractivity contribution >= 4 is 34.9 Å². The lowest BCUT2D eigenvalue weighted by atomic mass is 10.2. The summed E-state index contributed by atoms with van der Waals surface area (Å²) in [6.07, 6.45) is 4.16. The van der Waals surface area contributed by atoms with Crippen molar-refractivity contribution in [2.45, 2.75) is 25.9 Å². The molecule has 7 heteroatoms. The number of nitrogens with zero attached hydrogens (tertiary/aromatic N) is 2. The molecule has 98 valence electrons. The number of ether oxygens (including phenoxy) is 1. The van der Waals surface area contributed by atoms with Gasteiger partial charge in [0.1, 0.15) is 0 Å². The molecule has 1 aliphatic rings. The highest BCUT2D eigenvalue weighted by molar-refractivity contribution is 7.80. The third-order valence-electron chi connectivity index (χ3n) is 2.51. The SMILES string of the molecule is Cc1nc(/C=N\NC(=S)NC[C@H]2CCCO2)cs1. The van der Waals surface area contributed by atoms with Crippen molar-refractivity contribution in [3.05, 3.63) is 16.1 Å². The van der Waals surface area contributed by atoms with E-state index in [1.807, 2.05) is 12.3 Å². The number of nitrogens with one attached hydrogen (secondary N) is 2. The van der Waals surface area contributed by atoms with Gasteiger partial charge in [0, 0.05) is 18.5 Å². The van der Waals surface area contributed by atoms with Gasteiger partial charge in [-0.1, -0.05) is 0 Å². The van der Waals surface area contributed by atoms with E-state index in [0.29, 0.717) is 5.11 Å². The predicted octanol–water partition coefficient (Wildman–Crippen LogP) is 1.43. The molecule has 1 aromatic heterocycles. The van der Waals surface area contributed by atoms with Gasteiger partial charge in [-0.25, -0.2) is 4.98 Å². The molecule has 0 unspecified atom stereocenters. The third-order valence-corrected chi connectivity index (χ3v) is 3.54. The average Bonchev–Trinajstić information content (AvgIpc) is 2.98. The number of aryl methyl sites for hydroxylation is 1. The Bertz CT molecular complexity index is 426. The van der Waals surface area contributed by atoms with Crippen LogP contribution in [0, 0.1) is 6.92 Å². The van der Waals surface area contributed by atoms with Gasteiger partial charge in [0.2, 0.25) is 0 Å². The van der Waals surface area contributed by atoms with E-state index in [1.54, 1.807) is 17.6 Å². The van der Waals surface area contributed by atoms with Crippen LogP contribution in [0.3, 0.4) is 0 Å². The molecule has 18 heavy (non-hydrogen) atoms. The fourth-order valence-electron chi connectivity index (χ4n) is 1.65. The number of aromatic nitrogens is 1. The van der Waals surface area contributed by atoms with Gasteiger partial charge in [0.15, 0.2) is 5.11 Å². The Morgan fingerprint density at radius 2 is 2.67 bits per heavy atom. The normalized spacial score (nSPS) is 19.3. The van der Waals surface area contributed by atoms with Crippen LogP contribution < -0.4 is 10.7 Å². The van der Waals surface area contributed by atoms with Crippen LogP contribution in [-0.2, 0) is 4.74 Å².